The minimum Gasteiger partial charge on any atom is -0.462 e. The van der Waals surface area contributed by atoms with Gasteiger partial charge in [0.15, 0.2) is 6.10 Å². The Morgan fingerprint density at radius 1 is 0.353 bits per heavy atom. The van der Waals surface area contributed by atoms with Crippen molar-refractivity contribution in [3.8, 4) is 0 Å². The summed E-state index contributed by atoms with van der Waals surface area (Å²) in [6, 6.07) is 0. The number of carbonyl (C=O) groups is 2. The summed E-state index contributed by atoms with van der Waals surface area (Å²) in [4.78, 5) is 24.4. The molecule has 0 aliphatic carbocycles. The van der Waals surface area contributed by atoms with Gasteiger partial charge in [-0.2, -0.15) is 0 Å². The Hall–Kier alpha value is -3.18. The lowest BCUT2D eigenvalue weighted by Gasteiger charge is -2.15. The zero-order chi connectivity index (χ0) is 49.2. The number of unbranched alkanes of at least 4 members (excludes halogenated alkanes) is 28. The van der Waals surface area contributed by atoms with Gasteiger partial charge < -0.3 is 14.6 Å². The van der Waals surface area contributed by atoms with E-state index < -0.39 is 6.10 Å². The van der Waals surface area contributed by atoms with Crippen LogP contribution in [0.25, 0.3) is 0 Å². The monoisotopic (exact) mass is 945 g/mol. The first-order valence-corrected chi connectivity index (χ1v) is 28.8. The van der Waals surface area contributed by atoms with Crippen molar-refractivity contribution in [1.29, 1.82) is 0 Å². The molecule has 0 spiro atoms. The largest absolute Gasteiger partial charge is 0.462 e. The zero-order valence-electron chi connectivity index (χ0n) is 44.6. The molecular weight excluding hydrogens is 837 g/mol. The van der Waals surface area contributed by atoms with E-state index in [1.54, 1.807) is 0 Å². The van der Waals surface area contributed by atoms with Crippen LogP contribution in [-0.2, 0) is 19.1 Å². The van der Waals surface area contributed by atoms with Crippen molar-refractivity contribution < 1.29 is 24.2 Å². The molecule has 1 unspecified atom stereocenters. The third-order valence-corrected chi connectivity index (χ3v) is 12.4. The van der Waals surface area contributed by atoms with Crippen LogP contribution in [0.3, 0.4) is 0 Å². The Kier molecular flexibility index (Phi) is 55.4. The lowest BCUT2D eigenvalue weighted by Crippen LogP contribution is -2.28. The summed E-state index contributed by atoms with van der Waals surface area (Å²) in [7, 11) is 0. The smallest absolute Gasteiger partial charge is 0.306 e. The van der Waals surface area contributed by atoms with Gasteiger partial charge in [-0.3, -0.25) is 9.59 Å². The highest BCUT2D eigenvalue weighted by Crippen LogP contribution is 2.16. The quantitative estimate of drug-likeness (QED) is 0.0374. The molecule has 0 aromatic carbocycles. The van der Waals surface area contributed by atoms with Crippen molar-refractivity contribution in [1.82, 2.24) is 0 Å². The molecule has 68 heavy (non-hydrogen) atoms. The first-order chi connectivity index (χ1) is 33.6. The molecule has 1 N–H and O–H groups in total. The van der Waals surface area contributed by atoms with Crippen LogP contribution in [-0.4, -0.2) is 36.4 Å². The van der Waals surface area contributed by atoms with Crippen LogP contribution in [0.15, 0.2) is 97.2 Å². The molecule has 0 saturated heterocycles. The van der Waals surface area contributed by atoms with Crippen LogP contribution in [0.1, 0.15) is 271 Å². The molecule has 390 valence electrons. The van der Waals surface area contributed by atoms with Crippen molar-refractivity contribution in [2.45, 2.75) is 277 Å². The number of hydrogen-bond donors (Lipinski definition) is 1. The molecule has 5 nitrogen and oxygen atoms in total. The molecule has 0 aliphatic rings. The van der Waals surface area contributed by atoms with Gasteiger partial charge in [0.05, 0.1) is 6.61 Å². The van der Waals surface area contributed by atoms with E-state index in [9.17, 15) is 14.7 Å². The molecule has 5 heteroatoms. The number of ether oxygens (including phenoxy) is 2. The summed E-state index contributed by atoms with van der Waals surface area (Å²) >= 11 is 0. The summed E-state index contributed by atoms with van der Waals surface area (Å²) in [5.41, 5.74) is 0. The Labute approximate surface area is 421 Å². The van der Waals surface area contributed by atoms with Crippen molar-refractivity contribution >= 4 is 11.9 Å². The molecule has 0 fully saturated rings. The van der Waals surface area contributed by atoms with E-state index >= 15 is 0 Å². The first kappa shape index (κ1) is 64.8. The maximum absolute atomic E-state index is 12.3. The van der Waals surface area contributed by atoms with Gasteiger partial charge in [0.1, 0.15) is 6.61 Å². The number of aliphatic hydroxyl groups is 1. The Morgan fingerprint density at radius 3 is 0.956 bits per heavy atom. The normalized spacial score (nSPS) is 12.9. The fourth-order valence-corrected chi connectivity index (χ4v) is 8.06. The molecular formula is C63H108O5. The Morgan fingerprint density at radius 2 is 0.632 bits per heavy atom. The average molecular weight is 946 g/mol. The Bertz CT molecular complexity index is 1300. The molecule has 0 rings (SSSR count). The highest BCUT2D eigenvalue weighted by molar-refractivity contribution is 5.70. The third kappa shape index (κ3) is 55.4. The topological polar surface area (TPSA) is 72.8 Å². The summed E-state index contributed by atoms with van der Waals surface area (Å²) in [6.45, 7) is 4.00. The van der Waals surface area contributed by atoms with Crippen molar-refractivity contribution in [3.63, 3.8) is 0 Å². The lowest BCUT2D eigenvalue weighted by molar-refractivity contribution is -0.161. The maximum Gasteiger partial charge on any atom is 0.306 e. The second kappa shape index (κ2) is 58.1. The number of rotatable bonds is 52. The van der Waals surface area contributed by atoms with E-state index in [1.165, 1.54) is 154 Å². The van der Waals surface area contributed by atoms with Gasteiger partial charge in [-0.25, -0.2) is 0 Å². The van der Waals surface area contributed by atoms with Gasteiger partial charge in [0.2, 0.25) is 0 Å². The van der Waals surface area contributed by atoms with Crippen molar-refractivity contribution in [2.24, 2.45) is 0 Å². The highest BCUT2D eigenvalue weighted by Gasteiger charge is 2.16. The Balaban J connectivity index is 3.45. The molecule has 0 aliphatic heterocycles. The SMILES string of the molecule is CC/C=C\C/C=C\C/C=C\C/C=C\C/C=C\C/C=C\CCCCCCCCCCCCCCCCCCCCCCC(=O)OC(CO)COC(=O)CCCCCCC/C=C\C/C=C\CCCCC. The summed E-state index contributed by atoms with van der Waals surface area (Å²) in [6.07, 6.45) is 82.5. The highest BCUT2D eigenvalue weighted by atomic mass is 16.6. The molecule has 0 aromatic heterocycles. The van der Waals surface area contributed by atoms with Gasteiger partial charge in [0, 0.05) is 12.8 Å². The molecule has 0 bridgehead atoms. The fraction of sp³-hybridized carbons (Fsp3) is 0.714. The standard InChI is InChI=1S/C63H108O5/c1-3-5-7-9-11-13-15-17-19-20-21-22-23-24-25-26-27-28-29-30-31-32-33-34-35-36-37-38-39-40-41-42-44-46-48-50-52-54-56-58-63(66)68-61(59-64)60-67-62(65)57-55-53-51-49-47-45-43-18-16-14-12-10-8-6-4-2/h5,7,11-14,17-19,21-22,24-25,27-28,43,61,64H,3-4,6,8-10,15-16,20,23,26,29-42,44-60H2,1-2H3/b7-5-,13-11-,14-12-,19-17-,22-21-,25-24-,28-27-,43-18-. The van der Waals surface area contributed by atoms with Crippen LogP contribution < -0.4 is 0 Å². The van der Waals surface area contributed by atoms with Crippen LogP contribution in [0.4, 0.5) is 0 Å². The second-order valence-electron chi connectivity index (χ2n) is 19.0. The molecule has 0 aromatic rings. The van der Waals surface area contributed by atoms with Gasteiger partial charge >= 0.3 is 11.9 Å². The number of aliphatic hydroxyl groups excluding tert-OH is 1. The minimum absolute atomic E-state index is 0.0736. The van der Waals surface area contributed by atoms with Crippen LogP contribution in [0, 0.1) is 0 Å². The predicted octanol–water partition coefficient (Wildman–Crippen LogP) is 19.5. The number of allylic oxidation sites excluding steroid dienone is 16. The average Bonchev–Trinajstić information content (AvgIpc) is 3.34. The van der Waals surface area contributed by atoms with Crippen LogP contribution in [0.5, 0.6) is 0 Å². The fourth-order valence-electron chi connectivity index (χ4n) is 8.06. The number of carbonyl (C=O) groups excluding carboxylic acids is 2. The zero-order valence-corrected chi connectivity index (χ0v) is 44.6. The summed E-state index contributed by atoms with van der Waals surface area (Å²) in [5, 5.41) is 9.63. The minimum atomic E-state index is -0.780. The predicted molar refractivity (Wildman–Crippen MR) is 297 cm³/mol. The maximum atomic E-state index is 12.3. The van der Waals surface area contributed by atoms with E-state index in [2.05, 4.69) is 111 Å². The molecule has 0 saturated carbocycles. The third-order valence-electron chi connectivity index (χ3n) is 12.4. The van der Waals surface area contributed by atoms with E-state index in [-0.39, 0.29) is 25.2 Å². The van der Waals surface area contributed by atoms with E-state index in [4.69, 9.17) is 9.47 Å². The van der Waals surface area contributed by atoms with Crippen LogP contribution in [0.2, 0.25) is 0 Å². The van der Waals surface area contributed by atoms with E-state index in [0.29, 0.717) is 12.8 Å². The second-order valence-corrected chi connectivity index (χ2v) is 19.0. The number of esters is 2. The van der Waals surface area contributed by atoms with Gasteiger partial charge in [-0.05, 0) is 96.3 Å². The van der Waals surface area contributed by atoms with E-state index in [0.717, 1.165) is 89.9 Å². The summed E-state index contributed by atoms with van der Waals surface area (Å²) in [5.74, 6) is -0.601. The molecule has 0 heterocycles. The number of hydrogen-bond acceptors (Lipinski definition) is 5. The molecule has 1 atom stereocenters. The summed E-state index contributed by atoms with van der Waals surface area (Å²) < 4.78 is 10.7. The molecule has 0 amide bonds. The first-order valence-electron chi connectivity index (χ1n) is 28.8. The van der Waals surface area contributed by atoms with Gasteiger partial charge in [-0.1, -0.05) is 259 Å². The van der Waals surface area contributed by atoms with Crippen molar-refractivity contribution in [2.75, 3.05) is 13.2 Å². The van der Waals surface area contributed by atoms with Crippen LogP contribution >= 0.6 is 0 Å². The van der Waals surface area contributed by atoms with E-state index in [1.807, 2.05) is 0 Å². The lowest BCUT2D eigenvalue weighted by atomic mass is 10.0. The van der Waals surface area contributed by atoms with Gasteiger partial charge in [-0.15, -0.1) is 0 Å². The van der Waals surface area contributed by atoms with Gasteiger partial charge in [0.25, 0.3) is 0 Å². The molecule has 0 radical (unpaired) electrons. The van der Waals surface area contributed by atoms with Crippen molar-refractivity contribution in [3.05, 3.63) is 97.2 Å².